The number of ketones is 1. The molecule has 37 heavy (non-hydrogen) atoms. The van der Waals surface area contributed by atoms with Crippen molar-refractivity contribution in [3.05, 3.63) is 90.5 Å². The summed E-state index contributed by atoms with van der Waals surface area (Å²) < 4.78 is 34.8. The first-order valence-electron chi connectivity index (χ1n) is 13.1. The van der Waals surface area contributed by atoms with Gasteiger partial charge in [0.15, 0.2) is 0 Å². The number of rotatable bonds is 9. The van der Waals surface area contributed by atoms with E-state index in [1.165, 1.54) is 5.56 Å². The predicted molar refractivity (Wildman–Crippen MR) is 149 cm³/mol. The van der Waals surface area contributed by atoms with Gasteiger partial charge in [-0.3, -0.25) is 4.79 Å². The smallest absolute Gasteiger partial charge is 0.278 e. The van der Waals surface area contributed by atoms with Gasteiger partial charge in [-0.25, -0.2) is 3.63 Å². The normalized spacial score (nSPS) is 23.3. The number of hydrogen-bond acceptors (Lipinski definition) is 4. The van der Waals surface area contributed by atoms with E-state index < -0.39 is 25.8 Å². The lowest BCUT2D eigenvalue weighted by atomic mass is 9.70. The predicted octanol–water partition coefficient (Wildman–Crippen LogP) is 7.58. The standard InChI is InChI=1S/C31H36O4S2/c1-4-11-24-16-18-28(19-17-24)37(26-12-7-5-8-13-26,27-14-9-6-10-15-27)35-36(33,34)23-31-21-20-25(22-29(31)32)30(31,2)3/h5-10,12-19,25H,4,11,20-23H2,1-3H3. The second-order valence-corrected chi connectivity index (χ2v) is 15.5. The number of hydrogen-bond donors (Lipinski definition) is 0. The highest BCUT2D eigenvalue weighted by molar-refractivity contribution is 8.33. The minimum absolute atomic E-state index is 0.0739. The zero-order valence-electron chi connectivity index (χ0n) is 21.9. The second-order valence-electron chi connectivity index (χ2n) is 11.0. The molecule has 0 aliphatic heterocycles. The Balaban J connectivity index is 1.66. The van der Waals surface area contributed by atoms with Gasteiger partial charge in [-0.15, -0.1) is 0 Å². The molecule has 3 aromatic rings. The van der Waals surface area contributed by atoms with Crippen molar-refractivity contribution < 1.29 is 16.8 Å². The van der Waals surface area contributed by atoms with Gasteiger partial charge in [0.2, 0.25) is 0 Å². The molecule has 3 aromatic carbocycles. The molecule has 196 valence electrons. The van der Waals surface area contributed by atoms with Crippen LogP contribution in [0.25, 0.3) is 0 Å². The van der Waals surface area contributed by atoms with Gasteiger partial charge in [-0.05, 0) is 82.9 Å². The Bertz CT molecular complexity index is 1330. The number of carbonyl (C=O) groups excluding carboxylic acids is 1. The number of aryl methyl sites for hydroxylation is 1. The molecule has 2 fully saturated rings. The zero-order valence-corrected chi connectivity index (χ0v) is 23.5. The summed E-state index contributed by atoms with van der Waals surface area (Å²) in [6.45, 7) is 6.27. The fourth-order valence-corrected chi connectivity index (χ4v) is 12.6. The quantitative estimate of drug-likeness (QED) is 0.283. The van der Waals surface area contributed by atoms with E-state index in [9.17, 15) is 13.2 Å². The van der Waals surface area contributed by atoms with Crippen molar-refractivity contribution in [3.63, 3.8) is 0 Å². The first kappa shape index (κ1) is 26.2. The lowest BCUT2D eigenvalue weighted by molar-refractivity contribution is -0.128. The molecule has 0 radical (unpaired) electrons. The van der Waals surface area contributed by atoms with Gasteiger partial charge >= 0.3 is 0 Å². The molecule has 2 bridgehead atoms. The van der Waals surface area contributed by atoms with Crippen LogP contribution in [-0.2, 0) is 25.0 Å². The van der Waals surface area contributed by atoms with Crippen LogP contribution in [-0.4, -0.2) is 20.0 Å². The molecule has 2 aliphatic rings. The van der Waals surface area contributed by atoms with Gasteiger partial charge in [-0.2, -0.15) is 8.42 Å². The van der Waals surface area contributed by atoms with Crippen LogP contribution in [0.15, 0.2) is 99.6 Å². The summed E-state index contributed by atoms with van der Waals surface area (Å²) in [7, 11) is -6.76. The molecular formula is C31H36O4S2. The van der Waals surface area contributed by atoms with Crippen molar-refractivity contribution in [2.75, 3.05) is 5.75 Å². The number of carbonyl (C=O) groups is 1. The van der Waals surface area contributed by atoms with Crippen molar-refractivity contribution in [2.45, 2.75) is 67.6 Å². The Morgan fingerprint density at radius 2 is 1.38 bits per heavy atom. The molecule has 0 amide bonds. The largest absolute Gasteiger partial charge is 0.299 e. The van der Waals surface area contributed by atoms with Gasteiger partial charge in [-0.1, -0.05) is 75.7 Å². The van der Waals surface area contributed by atoms with Crippen LogP contribution in [0.4, 0.5) is 0 Å². The zero-order chi connectivity index (χ0) is 26.3. The van der Waals surface area contributed by atoms with E-state index in [4.69, 9.17) is 3.63 Å². The van der Waals surface area contributed by atoms with Crippen LogP contribution in [0, 0.1) is 16.7 Å². The molecule has 4 nitrogen and oxygen atoms in total. The third kappa shape index (κ3) is 4.37. The second kappa shape index (κ2) is 9.72. The van der Waals surface area contributed by atoms with Gasteiger partial charge in [0, 0.05) is 21.1 Å². The Labute approximate surface area is 223 Å². The van der Waals surface area contributed by atoms with Gasteiger partial charge in [0.1, 0.15) is 5.78 Å². The molecule has 0 heterocycles. The lowest BCUT2D eigenvalue weighted by Crippen LogP contribution is -2.42. The van der Waals surface area contributed by atoms with Crippen LogP contribution in [0.3, 0.4) is 0 Å². The summed E-state index contributed by atoms with van der Waals surface area (Å²) in [6.07, 6.45) is 3.96. The van der Waals surface area contributed by atoms with Crippen LogP contribution in [0.5, 0.6) is 0 Å². The fourth-order valence-electron chi connectivity index (χ4n) is 6.48. The monoisotopic (exact) mass is 536 g/mol. The summed E-state index contributed by atoms with van der Waals surface area (Å²) >= 11 is 0. The molecule has 2 saturated carbocycles. The molecule has 0 N–H and O–H groups in total. The van der Waals surface area contributed by atoms with Crippen LogP contribution < -0.4 is 0 Å². The number of benzene rings is 3. The van der Waals surface area contributed by atoms with E-state index in [0.29, 0.717) is 12.8 Å². The van der Waals surface area contributed by atoms with E-state index in [1.807, 2.05) is 72.8 Å². The van der Waals surface area contributed by atoms with Crippen molar-refractivity contribution in [2.24, 2.45) is 16.7 Å². The van der Waals surface area contributed by atoms with E-state index in [-0.39, 0.29) is 22.9 Å². The molecule has 0 aromatic heterocycles. The van der Waals surface area contributed by atoms with Crippen molar-refractivity contribution >= 4 is 26.2 Å². The third-order valence-corrected chi connectivity index (χ3v) is 14.0. The maximum Gasteiger partial charge on any atom is 0.278 e. The van der Waals surface area contributed by atoms with Crippen LogP contribution >= 0.6 is 10.3 Å². The van der Waals surface area contributed by atoms with Crippen molar-refractivity contribution in [3.8, 4) is 0 Å². The van der Waals surface area contributed by atoms with Gasteiger partial charge < -0.3 is 0 Å². The topological polar surface area (TPSA) is 60.4 Å². The summed E-state index contributed by atoms with van der Waals surface area (Å²) in [5.74, 6) is 0.0385. The summed E-state index contributed by atoms with van der Waals surface area (Å²) in [4.78, 5) is 15.7. The first-order chi connectivity index (χ1) is 17.6. The summed E-state index contributed by atoms with van der Waals surface area (Å²) in [6, 6.07) is 27.5. The van der Waals surface area contributed by atoms with Gasteiger partial charge in [0.25, 0.3) is 10.1 Å². The number of fused-ring (bicyclic) bond motifs is 2. The third-order valence-electron chi connectivity index (χ3n) is 8.71. The number of Topliss-reactive ketones (excluding diaryl/α,β-unsaturated/α-hetero) is 1. The molecule has 2 atom stereocenters. The maximum absolute atomic E-state index is 14.2. The highest BCUT2D eigenvalue weighted by atomic mass is 32.3. The van der Waals surface area contributed by atoms with E-state index in [0.717, 1.165) is 33.9 Å². The van der Waals surface area contributed by atoms with Gasteiger partial charge in [0.05, 0.1) is 11.2 Å². The van der Waals surface area contributed by atoms with E-state index in [1.54, 1.807) is 0 Å². The molecule has 2 unspecified atom stereocenters. The van der Waals surface area contributed by atoms with Crippen LogP contribution in [0.2, 0.25) is 0 Å². The minimum Gasteiger partial charge on any atom is -0.299 e. The molecular weight excluding hydrogens is 500 g/mol. The molecule has 6 heteroatoms. The lowest BCUT2D eigenvalue weighted by Gasteiger charge is -2.41. The summed E-state index contributed by atoms with van der Waals surface area (Å²) in [5.41, 5.74) is -0.0439. The Kier molecular flexibility index (Phi) is 6.88. The molecule has 2 aliphatic carbocycles. The van der Waals surface area contributed by atoms with Crippen LogP contribution in [0.1, 0.15) is 52.0 Å². The van der Waals surface area contributed by atoms with E-state index >= 15 is 0 Å². The molecule has 5 rings (SSSR count). The molecule has 0 spiro atoms. The van der Waals surface area contributed by atoms with Crippen molar-refractivity contribution in [1.29, 1.82) is 0 Å². The van der Waals surface area contributed by atoms with Crippen molar-refractivity contribution in [1.82, 2.24) is 0 Å². The molecule has 0 saturated heterocycles. The average molecular weight is 537 g/mol. The summed E-state index contributed by atoms with van der Waals surface area (Å²) in [5, 5.41) is 0. The minimum atomic E-state index is -4.12. The van der Waals surface area contributed by atoms with E-state index in [2.05, 4.69) is 32.9 Å². The first-order valence-corrected chi connectivity index (χ1v) is 16.3. The fraction of sp³-hybridized carbons (Fsp3) is 0.387. The highest BCUT2D eigenvalue weighted by Gasteiger charge is 2.65. The highest BCUT2D eigenvalue weighted by Crippen LogP contribution is 2.71. The maximum atomic E-state index is 14.2. The Hall–Kier alpha value is -2.41. The Morgan fingerprint density at radius 3 is 1.84 bits per heavy atom. The SMILES string of the molecule is CCCc1ccc(S(OS(=O)(=O)CC23CCC(CC2=O)C3(C)C)(c2ccccc2)c2ccccc2)cc1. The Morgan fingerprint density at radius 1 is 0.838 bits per heavy atom. The average Bonchev–Trinajstić information content (AvgIpc) is 3.23.